The molecule has 1 saturated heterocycles. The van der Waals surface area contributed by atoms with Crippen LogP contribution >= 0.6 is 17.0 Å². The van der Waals surface area contributed by atoms with Crippen LogP contribution in [-0.4, -0.2) is 18.5 Å². The standard InChI is InChI=1S/C20H33N2.2BrH/c1-3-4-5-6-7-8-9-10-16-22-17-11-13-19(18-22)20-14-12-15-21(20)2;;/h7-8,11,13,17-18,20H,3-6,9-10,12,14-16H2,1-2H3;2*1H/q+1;;/p-1/b8-7+;;/t20-;;/m0../s1. The molecule has 0 radical (unpaired) electrons. The van der Waals surface area contributed by atoms with Gasteiger partial charge in [0.2, 0.25) is 0 Å². The van der Waals surface area contributed by atoms with E-state index in [-0.39, 0.29) is 34.0 Å². The molecule has 0 bridgehead atoms. The Morgan fingerprint density at radius 2 is 1.96 bits per heavy atom. The van der Waals surface area contributed by atoms with E-state index in [2.05, 4.69) is 60.1 Å². The first kappa shape index (κ1) is 23.8. The number of hydrogen-bond donors (Lipinski definition) is 0. The largest absolute Gasteiger partial charge is 1.00 e. The third-order valence-electron chi connectivity index (χ3n) is 4.71. The van der Waals surface area contributed by atoms with E-state index in [1.54, 1.807) is 0 Å². The summed E-state index contributed by atoms with van der Waals surface area (Å²) in [5, 5.41) is 0. The Balaban J connectivity index is 0.00000264. The van der Waals surface area contributed by atoms with E-state index in [0.717, 1.165) is 6.54 Å². The van der Waals surface area contributed by atoms with Crippen molar-refractivity contribution >= 4 is 17.0 Å². The minimum atomic E-state index is 0. The number of unbranched alkanes of at least 4 members (excludes halogenated alkanes) is 4. The summed E-state index contributed by atoms with van der Waals surface area (Å²) in [7, 11) is 2.25. The van der Waals surface area contributed by atoms with Gasteiger partial charge in [-0.25, -0.2) is 4.57 Å². The number of aryl methyl sites for hydroxylation is 1. The van der Waals surface area contributed by atoms with Gasteiger partial charge in [0, 0.05) is 24.1 Å². The van der Waals surface area contributed by atoms with Gasteiger partial charge in [0.1, 0.15) is 6.54 Å². The predicted octanol–water partition coefficient (Wildman–Crippen LogP) is 2.24. The number of pyridine rings is 1. The van der Waals surface area contributed by atoms with Crippen LogP contribution in [0.15, 0.2) is 36.7 Å². The molecular formula is C20H34Br2N2. The Labute approximate surface area is 169 Å². The molecule has 0 saturated carbocycles. The monoisotopic (exact) mass is 460 g/mol. The summed E-state index contributed by atoms with van der Waals surface area (Å²) in [6, 6.07) is 5.13. The summed E-state index contributed by atoms with van der Waals surface area (Å²) in [5.74, 6) is 0. The fourth-order valence-corrected chi connectivity index (χ4v) is 3.35. The molecule has 24 heavy (non-hydrogen) atoms. The molecule has 1 atom stereocenters. The number of aromatic nitrogens is 1. The van der Waals surface area contributed by atoms with Crippen molar-refractivity contribution in [2.24, 2.45) is 0 Å². The van der Waals surface area contributed by atoms with Gasteiger partial charge in [-0.1, -0.05) is 31.9 Å². The molecule has 2 heterocycles. The Morgan fingerprint density at radius 1 is 1.21 bits per heavy atom. The maximum atomic E-state index is 2.48. The lowest BCUT2D eigenvalue weighted by Gasteiger charge is -2.18. The Bertz CT molecular complexity index is 463. The Kier molecular flexibility index (Phi) is 13.9. The van der Waals surface area contributed by atoms with Crippen molar-refractivity contribution in [1.29, 1.82) is 0 Å². The van der Waals surface area contributed by atoms with Crippen LogP contribution in [0, 0.1) is 0 Å². The molecule has 0 amide bonds. The van der Waals surface area contributed by atoms with E-state index < -0.39 is 0 Å². The lowest BCUT2D eigenvalue weighted by atomic mass is 10.1. The molecule has 0 aliphatic carbocycles. The minimum absolute atomic E-state index is 0. The fraction of sp³-hybridized carbons (Fsp3) is 0.650. The maximum absolute atomic E-state index is 2.48. The van der Waals surface area contributed by atoms with Gasteiger partial charge in [-0.2, -0.15) is 0 Å². The first-order chi connectivity index (χ1) is 10.8. The summed E-state index contributed by atoms with van der Waals surface area (Å²) >= 11 is 0. The number of nitrogens with zero attached hydrogens (tertiary/aromatic N) is 2. The molecule has 1 fully saturated rings. The Morgan fingerprint density at radius 3 is 2.62 bits per heavy atom. The smallest absolute Gasteiger partial charge is 0.173 e. The average molecular weight is 462 g/mol. The maximum Gasteiger partial charge on any atom is 0.173 e. The predicted molar refractivity (Wildman–Crippen MR) is 104 cm³/mol. The third kappa shape index (κ3) is 8.26. The summed E-state index contributed by atoms with van der Waals surface area (Å²) in [6.45, 7) is 4.63. The molecule has 2 rings (SSSR count). The SMILES string of the molecule is Br.CCCCC/C=C/CCC[n+]1cccc([C@@H]2CCCN2C)c1.[Br-]. The minimum Gasteiger partial charge on any atom is -1.00 e. The van der Waals surface area contributed by atoms with E-state index in [9.17, 15) is 0 Å². The van der Waals surface area contributed by atoms with E-state index in [1.807, 2.05) is 0 Å². The molecule has 0 N–H and O–H groups in total. The van der Waals surface area contributed by atoms with Gasteiger partial charge in [0.25, 0.3) is 0 Å². The first-order valence-electron chi connectivity index (χ1n) is 9.15. The second-order valence-electron chi connectivity index (χ2n) is 6.62. The molecule has 0 spiro atoms. The zero-order chi connectivity index (χ0) is 15.6. The van der Waals surface area contributed by atoms with Gasteiger partial charge in [-0.05, 0) is 51.8 Å². The van der Waals surface area contributed by atoms with Crippen LogP contribution in [0.1, 0.15) is 69.9 Å². The van der Waals surface area contributed by atoms with Gasteiger partial charge in [0.15, 0.2) is 12.4 Å². The lowest BCUT2D eigenvalue weighted by molar-refractivity contribution is -0.697. The van der Waals surface area contributed by atoms with Crippen LogP contribution in [0.25, 0.3) is 0 Å². The fourth-order valence-electron chi connectivity index (χ4n) is 3.35. The van der Waals surface area contributed by atoms with Crippen LogP contribution in [-0.2, 0) is 6.54 Å². The zero-order valence-corrected chi connectivity index (χ0v) is 18.6. The summed E-state index contributed by atoms with van der Waals surface area (Å²) in [4.78, 5) is 2.48. The number of hydrogen-bond acceptors (Lipinski definition) is 1. The van der Waals surface area contributed by atoms with E-state index >= 15 is 0 Å². The molecule has 138 valence electrons. The van der Waals surface area contributed by atoms with Crippen LogP contribution in [0.2, 0.25) is 0 Å². The molecule has 0 aromatic carbocycles. The number of halogens is 2. The van der Waals surface area contributed by atoms with Crippen LogP contribution in [0.3, 0.4) is 0 Å². The first-order valence-corrected chi connectivity index (χ1v) is 9.15. The molecule has 4 heteroatoms. The van der Waals surface area contributed by atoms with Crippen LogP contribution in [0.4, 0.5) is 0 Å². The molecule has 0 unspecified atom stereocenters. The molecule has 2 nitrogen and oxygen atoms in total. The van der Waals surface area contributed by atoms with Crippen molar-refractivity contribution in [2.45, 2.75) is 70.9 Å². The highest BCUT2D eigenvalue weighted by Crippen LogP contribution is 2.29. The van der Waals surface area contributed by atoms with Crippen molar-refractivity contribution in [3.8, 4) is 0 Å². The molecule has 1 aliphatic heterocycles. The van der Waals surface area contributed by atoms with Gasteiger partial charge in [0.05, 0.1) is 0 Å². The van der Waals surface area contributed by atoms with Crippen molar-refractivity contribution in [2.75, 3.05) is 13.6 Å². The van der Waals surface area contributed by atoms with Gasteiger partial charge >= 0.3 is 0 Å². The zero-order valence-electron chi connectivity index (χ0n) is 15.3. The van der Waals surface area contributed by atoms with E-state index in [1.165, 1.54) is 63.5 Å². The quantitative estimate of drug-likeness (QED) is 0.310. The molecular weight excluding hydrogens is 428 g/mol. The van der Waals surface area contributed by atoms with Crippen molar-refractivity contribution in [3.63, 3.8) is 0 Å². The molecule has 1 aromatic heterocycles. The lowest BCUT2D eigenvalue weighted by Crippen LogP contribution is -3.00. The van der Waals surface area contributed by atoms with Gasteiger partial charge in [-0.15, -0.1) is 17.0 Å². The summed E-state index contributed by atoms with van der Waals surface area (Å²) in [5.41, 5.74) is 1.48. The van der Waals surface area contributed by atoms with E-state index in [0.29, 0.717) is 6.04 Å². The molecule has 1 aromatic rings. The van der Waals surface area contributed by atoms with Crippen molar-refractivity contribution in [3.05, 3.63) is 42.2 Å². The average Bonchev–Trinajstić information content (AvgIpc) is 2.96. The normalized spacial score (nSPS) is 17.7. The summed E-state index contributed by atoms with van der Waals surface area (Å²) in [6.07, 6.45) is 19.7. The third-order valence-corrected chi connectivity index (χ3v) is 4.71. The van der Waals surface area contributed by atoms with Crippen molar-refractivity contribution < 1.29 is 21.5 Å². The van der Waals surface area contributed by atoms with Gasteiger partial charge < -0.3 is 17.0 Å². The molecule has 1 aliphatic rings. The number of likely N-dealkylation sites (tertiary alicyclic amines) is 1. The Hall–Kier alpha value is -0.190. The highest BCUT2D eigenvalue weighted by molar-refractivity contribution is 8.93. The van der Waals surface area contributed by atoms with Crippen LogP contribution < -0.4 is 21.5 Å². The van der Waals surface area contributed by atoms with Gasteiger partial charge in [-0.3, -0.25) is 4.90 Å². The highest BCUT2D eigenvalue weighted by Gasteiger charge is 2.24. The van der Waals surface area contributed by atoms with E-state index in [4.69, 9.17) is 0 Å². The second-order valence-corrected chi connectivity index (χ2v) is 6.62. The summed E-state index contributed by atoms with van der Waals surface area (Å²) < 4.78 is 2.37. The van der Waals surface area contributed by atoms with Crippen molar-refractivity contribution in [1.82, 2.24) is 4.90 Å². The topological polar surface area (TPSA) is 7.12 Å². The number of rotatable bonds is 9. The highest BCUT2D eigenvalue weighted by atomic mass is 79.9. The second kappa shape index (κ2) is 14.0. The number of allylic oxidation sites excluding steroid dienone is 2. The van der Waals surface area contributed by atoms with Crippen LogP contribution in [0.5, 0.6) is 0 Å².